The van der Waals surface area contributed by atoms with Crippen molar-refractivity contribution in [2.75, 3.05) is 32.7 Å². The zero-order valence-electron chi connectivity index (χ0n) is 17.5. The van der Waals surface area contributed by atoms with Gasteiger partial charge in [-0.25, -0.2) is 8.42 Å². The highest BCUT2D eigenvalue weighted by Crippen LogP contribution is 2.21. The van der Waals surface area contributed by atoms with Gasteiger partial charge in [0.1, 0.15) is 0 Å². The number of carbonyl (C=O) groups excluding carboxylic acids is 2. The number of amides is 2. The van der Waals surface area contributed by atoms with E-state index in [1.54, 1.807) is 29.2 Å². The van der Waals surface area contributed by atoms with Crippen LogP contribution in [0.15, 0.2) is 29.2 Å². The van der Waals surface area contributed by atoms with Crippen molar-refractivity contribution < 1.29 is 18.0 Å². The fourth-order valence-corrected chi connectivity index (χ4v) is 4.89. The summed E-state index contributed by atoms with van der Waals surface area (Å²) in [6, 6.07) is 6.53. The number of sulfonamides is 1. The van der Waals surface area contributed by atoms with Gasteiger partial charge < -0.3 is 10.2 Å². The second-order valence-electron chi connectivity index (χ2n) is 7.45. The maximum absolute atomic E-state index is 12.7. The predicted molar refractivity (Wildman–Crippen MR) is 113 cm³/mol. The van der Waals surface area contributed by atoms with Crippen LogP contribution in [0.25, 0.3) is 0 Å². The molecule has 8 heteroatoms. The smallest absolute Gasteiger partial charge is 0.243 e. The van der Waals surface area contributed by atoms with E-state index in [2.05, 4.69) is 5.32 Å². The number of nitrogens with zero attached hydrogens (tertiary/aromatic N) is 2. The van der Waals surface area contributed by atoms with E-state index >= 15 is 0 Å². The van der Waals surface area contributed by atoms with Gasteiger partial charge in [0.25, 0.3) is 0 Å². The van der Waals surface area contributed by atoms with Gasteiger partial charge in [0.05, 0.1) is 17.9 Å². The van der Waals surface area contributed by atoms with E-state index in [1.807, 2.05) is 13.8 Å². The molecular weight excluding hydrogens is 390 g/mol. The van der Waals surface area contributed by atoms with E-state index in [1.165, 1.54) is 4.31 Å². The Bertz CT molecular complexity index is 772. The SMILES string of the molecule is CCCNC(=O)CN(CCC)C(=O)Cc1ccc(S(=O)(=O)N2CCCCC2)cc1. The van der Waals surface area contributed by atoms with E-state index in [0.29, 0.717) is 26.2 Å². The summed E-state index contributed by atoms with van der Waals surface area (Å²) < 4.78 is 27.0. The molecular formula is C21H33N3O4S. The van der Waals surface area contributed by atoms with Crippen molar-refractivity contribution >= 4 is 21.8 Å². The summed E-state index contributed by atoms with van der Waals surface area (Å²) >= 11 is 0. The lowest BCUT2D eigenvalue weighted by molar-refractivity contribution is -0.135. The van der Waals surface area contributed by atoms with Gasteiger partial charge in [0.2, 0.25) is 21.8 Å². The predicted octanol–water partition coefficient (Wildman–Crippen LogP) is 2.17. The molecule has 0 aromatic heterocycles. The van der Waals surface area contributed by atoms with Crippen LogP contribution in [0.5, 0.6) is 0 Å². The van der Waals surface area contributed by atoms with Crippen LogP contribution in [0.4, 0.5) is 0 Å². The Labute approximate surface area is 174 Å². The fraction of sp³-hybridized carbons (Fsp3) is 0.619. The molecule has 1 saturated heterocycles. The van der Waals surface area contributed by atoms with Gasteiger partial charge in [0, 0.05) is 26.2 Å². The Morgan fingerprint density at radius 1 is 1.03 bits per heavy atom. The fourth-order valence-electron chi connectivity index (χ4n) is 3.38. The molecule has 1 aliphatic heterocycles. The zero-order chi connectivity index (χ0) is 21.3. The van der Waals surface area contributed by atoms with Gasteiger partial charge in [-0.1, -0.05) is 32.4 Å². The lowest BCUT2D eigenvalue weighted by Gasteiger charge is -2.26. The van der Waals surface area contributed by atoms with E-state index in [4.69, 9.17) is 0 Å². The molecule has 1 aromatic rings. The maximum atomic E-state index is 12.7. The van der Waals surface area contributed by atoms with Crippen molar-refractivity contribution in [3.63, 3.8) is 0 Å². The number of hydrogen-bond donors (Lipinski definition) is 1. The summed E-state index contributed by atoms with van der Waals surface area (Å²) in [6.45, 7) is 6.23. The molecule has 29 heavy (non-hydrogen) atoms. The molecule has 0 spiro atoms. The molecule has 0 atom stereocenters. The van der Waals surface area contributed by atoms with Gasteiger partial charge in [-0.2, -0.15) is 4.31 Å². The van der Waals surface area contributed by atoms with E-state index in [0.717, 1.165) is 37.7 Å². The van der Waals surface area contributed by atoms with Crippen LogP contribution in [0.2, 0.25) is 0 Å². The summed E-state index contributed by atoms with van der Waals surface area (Å²) in [7, 11) is -3.47. The van der Waals surface area contributed by atoms with Crippen molar-refractivity contribution in [3.05, 3.63) is 29.8 Å². The number of rotatable bonds is 10. The average Bonchev–Trinajstić information content (AvgIpc) is 2.73. The number of piperidine rings is 1. The third kappa shape index (κ3) is 6.82. The second kappa shape index (κ2) is 11.3. The molecule has 1 aliphatic rings. The molecule has 0 saturated carbocycles. The lowest BCUT2D eigenvalue weighted by Crippen LogP contribution is -2.42. The minimum absolute atomic E-state index is 0.0497. The Hall–Kier alpha value is -1.93. The van der Waals surface area contributed by atoms with Crippen LogP contribution in [-0.2, 0) is 26.0 Å². The second-order valence-corrected chi connectivity index (χ2v) is 9.39. The number of nitrogens with one attached hydrogen (secondary N) is 1. The molecule has 1 heterocycles. The van der Waals surface area contributed by atoms with Crippen LogP contribution in [0, 0.1) is 0 Å². The van der Waals surface area contributed by atoms with Gasteiger partial charge in [-0.3, -0.25) is 9.59 Å². The Balaban J connectivity index is 2.01. The highest BCUT2D eigenvalue weighted by molar-refractivity contribution is 7.89. The lowest BCUT2D eigenvalue weighted by atomic mass is 10.1. The first kappa shape index (κ1) is 23.3. The van der Waals surface area contributed by atoms with Crippen LogP contribution >= 0.6 is 0 Å². The van der Waals surface area contributed by atoms with Crippen LogP contribution in [0.3, 0.4) is 0 Å². The van der Waals surface area contributed by atoms with Gasteiger partial charge in [-0.05, 0) is 43.4 Å². The molecule has 2 rings (SSSR count). The van der Waals surface area contributed by atoms with Crippen molar-refractivity contribution in [2.24, 2.45) is 0 Å². The number of benzene rings is 1. The molecule has 1 N–H and O–H groups in total. The first-order valence-corrected chi connectivity index (χ1v) is 12.0. The van der Waals surface area contributed by atoms with E-state index < -0.39 is 10.0 Å². The molecule has 162 valence electrons. The summed E-state index contributed by atoms with van der Waals surface area (Å²) in [5.41, 5.74) is 0.739. The first-order chi connectivity index (χ1) is 13.9. The van der Waals surface area contributed by atoms with Crippen molar-refractivity contribution in [2.45, 2.75) is 57.3 Å². The molecule has 1 aromatic carbocycles. The molecule has 0 bridgehead atoms. The van der Waals surface area contributed by atoms with Gasteiger partial charge in [0.15, 0.2) is 0 Å². The molecule has 2 amide bonds. The third-order valence-corrected chi connectivity index (χ3v) is 6.90. The standard InChI is InChI=1S/C21H33N3O4S/c1-3-12-22-20(25)17-23(13-4-2)21(26)16-18-8-10-19(11-9-18)29(27,28)24-14-6-5-7-15-24/h8-11H,3-7,12-17H2,1-2H3,(H,22,25). The highest BCUT2D eigenvalue weighted by atomic mass is 32.2. The zero-order valence-corrected chi connectivity index (χ0v) is 18.3. The topological polar surface area (TPSA) is 86.8 Å². The van der Waals surface area contributed by atoms with Crippen molar-refractivity contribution in [1.82, 2.24) is 14.5 Å². The Morgan fingerprint density at radius 2 is 1.69 bits per heavy atom. The first-order valence-electron chi connectivity index (χ1n) is 10.5. The molecule has 1 fully saturated rings. The van der Waals surface area contributed by atoms with Gasteiger partial charge >= 0.3 is 0 Å². The molecule has 0 radical (unpaired) electrons. The quantitative estimate of drug-likeness (QED) is 0.625. The van der Waals surface area contributed by atoms with Crippen molar-refractivity contribution in [3.8, 4) is 0 Å². The third-order valence-electron chi connectivity index (χ3n) is 4.98. The molecule has 0 aliphatic carbocycles. The maximum Gasteiger partial charge on any atom is 0.243 e. The van der Waals surface area contributed by atoms with Crippen LogP contribution in [0.1, 0.15) is 51.5 Å². The normalized spacial score (nSPS) is 15.1. The molecule has 7 nitrogen and oxygen atoms in total. The number of hydrogen-bond acceptors (Lipinski definition) is 4. The average molecular weight is 424 g/mol. The summed E-state index contributed by atoms with van der Waals surface area (Å²) in [6.07, 6.45) is 4.61. The largest absolute Gasteiger partial charge is 0.355 e. The van der Waals surface area contributed by atoms with E-state index in [-0.39, 0.29) is 29.7 Å². The number of carbonyl (C=O) groups is 2. The summed E-state index contributed by atoms with van der Waals surface area (Å²) in [5, 5.41) is 2.79. The minimum atomic E-state index is -3.47. The van der Waals surface area contributed by atoms with Gasteiger partial charge in [-0.15, -0.1) is 0 Å². The summed E-state index contributed by atoms with van der Waals surface area (Å²) in [5.74, 6) is -0.290. The van der Waals surface area contributed by atoms with Crippen molar-refractivity contribution in [1.29, 1.82) is 0 Å². The Morgan fingerprint density at radius 3 is 2.28 bits per heavy atom. The minimum Gasteiger partial charge on any atom is -0.355 e. The van der Waals surface area contributed by atoms with E-state index in [9.17, 15) is 18.0 Å². The monoisotopic (exact) mass is 423 g/mol. The molecule has 0 unspecified atom stereocenters. The Kier molecular flexibility index (Phi) is 9.10. The summed E-state index contributed by atoms with van der Waals surface area (Å²) in [4.78, 5) is 26.5. The van der Waals surface area contributed by atoms with Crippen LogP contribution < -0.4 is 5.32 Å². The van der Waals surface area contributed by atoms with Crippen LogP contribution in [-0.4, -0.2) is 62.2 Å². The highest BCUT2D eigenvalue weighted by Gasteiger charge is 2.26.